The standard InChI is InChI=1S/C15H22N2O2/c1-3-17(12-8-9-12)15(18)10-19-14-7-5-4-6-13(14)11(2)16/h4-7,11-12H,3,8-10,16H2,1-2H3/t11-/m1/s1. The molecule has 0 aromatic heterocycles. The van der Waals surface area contributed by atoms with Gasteiger partial charge in [0.05, 0.1) is 0 Å². The van der Waals surface area contributed by atoms with E-state index in [0.717, 1.165) is 24.9 Å². The number of nitrogens with zero attached hydrogens (tertiary/aromatic N) is 1. The maximum Gasteiger partial charge on any atom is 0.260 e. The molecular weight excluding hydrogens is 240 g/mol. The van der Waals surface area contributed by atoms with Gasteiger partial charge in [0.1, 0.15) is 5.75 Å². The van der Waals surface area contributed by atoms with E-state index in [-0.39, 0.29) is 18.6 Å². The van der Waals surface area contributed by atoms with Crippen molar-refractivity contribution >= 4 is 5.91 Å². The van der Waals surface area contributed by atoms with Crippen molar-refractivity contribution in [3.8, 4) is 5.75 Å². The zero-order chi connectivity index (χ0) is 13.8. The van der Waals surface area contributed by atoms with Crippen molar-refractivity contribution in [3.63, 3.8) is 0 Å². The van der Waals surface area contributed by atoms with Gasteiger partial charge in [0.15, 0.2) is 6.61 Å². The van der Waals surface area contributed by atoms with Crippen molar-refractivity contribution in [2.45, 2.75) is 38.8 Å². The Morgan fingerprint density at radius 1 is 1.47 bits per heavy atom. The lowest BCUT2D eigenvalue weighted by atomic mass is 10.1. The molecule has 19 heavy (non-hydrogen) atoms. The van der Waals surface area contributed by atoms with Crippen LogP contribution in [0.4, 0.5) is 0 Å². The number of ether oxygens (including phenoxy) is 1. The number of rotatable bonds is 6. The fourth-order valence-corrected chi connectivity index (χ4v) is 2.23. The predicted molar refractivity (Wildman–Crippen MR) is 74.9 cm³/mol. The number of benzene rings is 1. The SMILES string of the molecule is CCN(C(=O)COc1ccccc1[C@@H](C)N)C1CC1. The smallest absolute Gasteiger partial charge is 0.260 e. The summed E-state index contributed by atoms with van der Waals surface area (Å²) in [6.07, 6.45) is 2.24. The average Bonchev–Trinajstić information content (AvgIpc) is 3.22. The van der Waals surface area contributed by atoms with Crippen LogP contribution in [-0.2, 0) is 4.79 Å². The van der Waals surface area contributed by atoms with Gasteiger partial charge >= 0.3 is 0 Å². The van der Waals surface area contributed by atoms with Gasteiger partial charge in [0, 0.05) is 24.2 Å². The lowest BCUT2D eigenvalue weighted by Crippen LogP contribution is -2.36. The molecule has 1 saturated carbocycles. The van der Waals surface area contributed by atoms with Crippen LogP contribution in [0.25, 0.3) is 0 Å². The van der Waals surface area contributed by atoms with Crippen LogP contribution >= 0.6 is 0 Å². The lowest BCUT2D eigenvalue weighted by molar-refractivity contribution is -0.133. The zero-order valence-corrected chi connectivity index (χ0v) is 11.6. The number of amides is 1. The number of hydrogen-bond donors (Lipinski definition) is 1. The highest BCUT2D eigenvalue weighted by molar-refractivity contribution is 5.78. The Morgan fingerprint density at radius 2 is 2.16 bits per heavy atom. The summed E-state index contributed by atoms with van der Waals surface area (Å²) in [5.74, 6) is 0.766. The van der Waals surface area contributed by atoms with Gasteiger partial charge in [-0.15, -0.1) is 0 Å². The van der Waals surface area contributed by atoms with Crippen LogP contribution in [0.1, 0.15) is 38.3 Å². The predicted octanol–water partition coefficient (Wildman–Crippen LogP) is 2.10. The first-order chi connectivity index (χ1) is 9.13. The maximum absolute atomic E-state index is 12.1. The Hall–Kier alpha value is -1.55. The fraction of sp³-hybridized carbons (Fsp3) is 0.533. The van der Waals surface area contributed by atoms with Gasteiger partial charge in [-0.2, -0.15) is 0 Å². The van der Waals surface area contributed by atoms with Crippen LogP contribution < -0.4 is 10.5 Å². The maximum atomic E-state index is 12.1. The fourth-order valence-electron chi connectivity index (χ4n) is 2.23. The molecule has 1 aromatic carbocycles. The molecule has 1 aliphatic rings. The first-order valence-electron chi connectivity index (χ1n) is 6.90. The molecule has 0 aliphatic heterocycles. The monoisotopic (exact) mass is 262 g/mol. The molecule has 0 heterocycles. The van der Waals surface area contributed by atoms with Gasteiger partial charge in [-0.1, -0.05) is 18.2 Å². The van der Waals surface area contributed by atoms with Gasteiger partial charge in [-0.05, 0) is 32.8 Å². The van der Waals surface area contributed by atoms with E-state index < -0.39 is 0 Å². The van der Waals surface area contributed by atoms with Gasteiger partial charge in [-0.3, -0.25) is 4.79 Å². The Morgan fingerprint density at radius 3 is 2.74 bits per heavy atom. The molecule has 0 bridgehead atoms. The lowest BCUT2D eigenvalue weighted by Gasteiger charge is -2.21. The van der Waals surface area contributed by atoms with E-state index in [9.17, 15) is 4.79 Å². The van der Waals surface area contributed by atoms with Crippen LogP contribution in [0.5, 0.6) is 5.75 Å². The summed E-state index contributed by atoms with van der Waals surface area (Å²) in [5.41, 5.74) is 6.82. The molecule has 1 atom stereocenters. The normalized spacial score (nSPS) is 15.9. The number of carbonyl (C=O) groups excluding carboxylic acids is 1. The van der Waals surface area contributed by atoms with Crippen LogP contribution in [-0.4, -0.2) is 30.0 Å². The molecule has 4 nitrogen and oxygen atoms in total. The summed E-state index contributed by atoms with van der Waals surface area (Å²) >= 11 is 0. The quantitative estimate of drug-likeness (QED) is 0.854. The largest absolute Gasteiger partial charge is 0.483 e. The van der Waals surface area contributed by atoms with Crippen molar-refractivity contribution in [2.24, 2.45) is 5.73 Å². The van der Waals surface area contributed by atoms with E-state index in [1.807, 2.05) is 43.0 Å². The van der Waals surface area contributed by atoms with Crippen molar-refractivity contribution in [1.82, 2.24) is 4.90 Å². The second-order valence-corrected chi connectivity index (χ2v) is 5.03. The Balaban J connectivity index is 1.96. The highest BCUT2D eigenvalue weighted by Gasteiger charge is 2.31. The Kier molecular flexibility index (Phi) is 4.43. The topological polar surface area (TPSA) is 55.6 Å². The van der Waals surface area contributed by atoms with E-state index in [1.165, 1.54) is 0 Å². The summed E-state index contributed by atoms with van der Waals surface area (Å²) < 4.78 is 5.65. The van der Waals surface area contributed by atoms with Gasteiger partial charge in [-0.25, -0.2) is 0 Å². The minimum Gasteiger partial charge on any atom is -0.483 e. The molecule has 104 valence electrons. The van der Waals surface area contributed by atoms with Crippen molar-refractivity contribution < 1.29 is 9.53 Å². The number of nitrogens with two attached hydrogens (primary N) is 1. The number of carbonyl (C=O) groups is 1. The highest BCUT2D eigenvalue weighted by atomic mass is 16.5. The molecule has 0 spiro atoms. The molecule has 0 unspecified atom stereocenters. The van der Waals surface area contributed by atoms with E-state index in [0.29, 0.717) is 11.8 Å². The number of para-hydroxylation sites is 1. The molecule has 1 fully saturated rings. The summed E-state index contributed by atoms with van der Waals surface area (Å²) in [6.45, 7) is 4.76. The highest BCUT2D eigenvalue weighted by Crippen LogP contribution is 2.27. The number of likely N-dealkylation sites (N-methyl/N-ethyl adjacent to an activating group) is 1. The van der Waals surface area contributed by atoms with Crippen molar-refractivity contribution in [1.29, 1.82) is 0 Å². The minimum absolute atomic E-state index is 0.0597. The molecule has 2 rings (SSSR count). The first kappa shape index (κ1) is 13.9. The van der Waals surface area contributed by atoms with Crippen molar-refractivity contribution in [2.75, 3.05) is 13.2 Å². The molecule has 0 radical (unpaired) electrons. The second-order valence-electron chi connectivity index (χ2n) is 5.03. The molecule has 2 N–H and O–H groups in total. The van der Waals surface area contributed by atoms with Crippen molar-refractivity contribution in [3.05, 3.63) is 29.8 Å². The molecular formula is C15H22N2O2. The Bertz CT molecular complexity index is 442. The molecule has 1 amide bonds. The van der Waals surface area contributed by atoms with E-state index in [2.05, 4.69) is 0 Å². The minimum atomic E-state index is -0.1000. The van der Waals surface area contributed by atoms with Crippen LogP contribution in [0.3, 0.4) is 0 Å². The van der Waals surface area contributed by atoms with Crippen LogP contribution in [0.2, 0.25) is 0 Å². The molecule has 4 heteroatoms. The average molecular weight is 262 g/mol. The zero-order valence-electron chi connectivity index (χ0n) is 11.6. The third kappa shape index (κ3) is 3.47. The molecule has 1 aliphatic carbocycles. The Labute approximate surface area is 114 Å². The summed E-state index contributed by atoms with van der Waals surface area (Å²) in [7, 11) is 0. The van der Waals surface area contributed by atoms with Gasteiger partial charge < -0.3 is 15.4 Å². The number of hydrogen-bond acceptors (Lipinski definition) is 3. The second kappa shape index (κ2) is 6.06. The van der Waals surface area contributed by atoms with Gasteiger partial charge in [0.2, 0.25) is 0 Å². The third-order valence-electron chi connectivity index (χ3n) is 3.41. The van der Waals surface area contributed by atoms with E-state index >= 15 is 0 Å². The summed E-state index contributed by atoms with van der Waals surface area (Å²) in [5, 5.41) is 0. The van der Waals surface area contributed by atoms with Gasteiger partial charge in [0.25, 0.3) is 5.91 Å². The molecule has 1 aromatic rings. The van der Waals surface area contributed by atoms with E-state index in [4.69, 9.17) is 10.5 Å². The van der Waals surface area contributed by atoms with Crippen LogP contribution in [0, 0.1) is 0 Å². The first-order valence-corrected chi connectivity index (χ1v) is 6.90. The van der Waals surface area contributed by atoms with Crippen LogP contribution in [0.15, 0.2) is 24.3 Å². The molecule has 0 saturated heterocycles. The summed E-state index contributed by atoms with van der Waals surface area (Å²) in [4.78, 5) is 14.0. The third-order valence-corrected chi connectivity index (χ3v) is 3.41. The summed E-state index contributed by atoms with van der Waals surface area (Å²) in [6, 6.07) is 7.95. The van der Waals surface area contributed by atoms with E-state index in [1.54, 1.807) is 0 Å².